The van der Waals surface area contributed by atoms with Gasteiger partial charge in [-0.25, -0.2) is 9.98 Å². The van der Waals surface area contributed by atoms with Gasteiger partial charge >= 0.3 is 0 Å². The molecule has 32 heavy (non-hydrogen) atoms. The molecule has 2 saturated heterocycles. The largest absolute Gasteiger partial charge is 0.497 e. The molecule has 4 rings (SSSR count). The molecule has 1 unspecified atom stereocenters. The Morgan fingerprint density at radius 2 is 2.00 bits per heavy atom. The summed E-state index contributed by atoms with van der Waals surface area (Å²) in [6.45, 7) is 6.70. The van der Waals surface area contributed by atoms with Crippen molar-refractivity contribution < 1.29 is 14.3 Å². The normalized spacial score (nSPS) is 19.3. The molecule has 10 nitrogen and oxygen atoms in total. The number of ether oxygens (including phenoxy) is 2. The van der Waals surface area contributed by atoms with E-state index in [-0.39, 0.29) is 12.0 Å². The van der Waals surface area contributed by atoms with Crippen molar-refractivity contribution in [3.63, 3.8) is 0 Å². The van der Waals surface area contributed by atoms with E-state index >= 15 is 0 Å². The number of nitrogens with zero attached hydrogens (tertiary/aromatic N) is 5. The highest BCUT2D eigenvalue weighted by Crippen LogP contribution is 2.19. The lowest BCUT2D eigenvalue weighted by molar-refractivity contribution is -0.142. The van der Waals surface area contributed by atoms with Crippen molar-refractivity contribution in [1.82, 2.24) is 30.3 Å². The van der Waals surface area contributed by atoms with E-state index in [9.17, 15) is 4.79 Å². The van der Waals surface area contributed by atoms with Crippen LogP contribution in [0.2, 0.25) is 0 Å². The lowest BCUT2D eigenvalue weighted by Gasteiger charge is -2.37. The van der Waals surface area contributed by atoms with Gasteiger partial charge in [0.05, 0.1) is 7.11 Å². The van der Waals surface area contributed by atoms with Gasteiger partial charge in [0, 0.05) is 44.9 Å². The summed E-state index contributed by atoms with van der Waals surface area (Å²) in [7, 11) is 1.64. The third-order valence-electron chi connectivity index (χ3n) is 5.69. The first-order valence-electron chi connectivity index (χ1n) is 11.2. The van der Waals surface area contributed by atoms with Gasteiger partial charge in [0.25, 0.3) is 5.91 Å². The number of guanidine groups is 1. The number of benzene rings is 1. The zero-order chi connectivity index (χ0) is 22.3. The van der Waals surface area contributed by atoms with E-state index in [4.69, 9.17) is 14.5 Å². The Hall–Kier alpha value is -3.14. The summed E-state index contributed by atoms with van der Waals surface area (Å²) >= 11 is 0. The van der Waals surface area contributed by atoms with Crippen molar-refractivity contribution in [3.8, 4) is 17.1 Å². The fraction of sp³-hybridized carbons (Fsp3) is 0.545. The van der Waals surface area contributed by atoms with Crippen LogP contribution >= 0.6 is 0 Å². The second kappa shape index (κ2) is 10.4. The number of aliphatic imine (C=N–C) groups is 1. The zero-order valence-electron chi connectivity index (χ0n) is 18.7. The number of rotatable bonds is 6. The average Bonchev–Trinajstić information content (AvgIpc) is 3.54. The fourth-order valence-corrected chi connectivity index (χ4v) is 3.93. The van der Waals surface area contributed by atoms with Crippen molar-refractivity contribution in [3.05, 3.63) is 30.1 Å². The molecule has 0 aliphatic carbocycles. The van der Waals surface area contributed by atoms with E-state index in [1.807, 2.05) is 36.1 Å². The van der Waals surface area contributed by atoms with Crippen LogP contribution in [0.15, 0.2) is 29.3 Å². The number of hydrogen-bond acceptors (Lipinski definition) is 6. The Morgan fingerprint density at radius 1 is 1.25 bits per heavy atom. The number of nitrogens with one attached hydrogen (secondary N) is 2. The van der Waals surface area contributed by atoms with Crippen LogP contribution in [0.25, 0.3) is 11.4 Å². The van der Waals surface area contributed by atoms with E-state index in [1.54, 1.807) is 7.11 Å². The highest BCUT2D eigenvalue weighted by Gasteiger charge is 2.30. The molecule has 0 spiro atoms. The van der Waals surface area contributed by atoms with Crippen LogP contribution in [0.3, 0.4) is 0 Å². The number of aromatic amines is 1. The molecule has 2 aliphatic heterocycles. The predicted molar refractivity (Wildman–Crippen MR) is 120 cm³/mol. The lowest BCUT2D eigenvalue weighted by atomic mass is 10.2. The molecule has 2 aliphatic rings. The minimum Gasteiger partial charge on any atom is -0.497 e. The molecule has 1 aromatic carbocycles. The van der Waals surface area contributed by atoms with Crippen LogP contribution in [-0.2, 0) is 16.1 Å². The van der Waals surface area contributed by atoms with E-state index in [2.05, 4.69) is 25.4 Å². The molecular formula is C22H31N7O3. The zero-order valence-corrected chi connectivity index (χ0v) is 18.7. The standard InChI is InChI=1S/C22H31N7O3/c1-3-23-22(29-12-10-28(11-13-29)21(30)18-5-4-14-32-18)24-15-19-25-20(27-26-19)16-6-8-17(31-2)9-7-16/h6-9,18H,3-5,10-15H2,1-2H3,(H,23,24)(H,25,26,27). The molecule has 1 atom stereocenters. The summed E-state index contributed by atoms with van der Waals surface area (Å²) in [4.78, 5) is 26.0. The molecule has 1 aromatic heterocycles. The van der Waals surface area contributed by atoms with Crippen LogP contribution in [0.5, 0.6) is 5.75 Å². The van der Waals surface area contributed by atoms with E-state index < -0.39 is 0 Å². The smallest absolute Gasteiger partial charge is 0.251 e. The van der Waals surface area contributed by atoms with Gasteiger partial charge in [0.15, 0.2) is 11.8 Å². The minimum absolute atomic E-state index is 0.122. The summed E-state index contributed by atoms with van der Waals surface area (Å²) in [5.41, 5.74) is 0.913. The summed E-state index contributed by atoms with van der Waals surface area (Å²) in [5.74, 6) is 3.06. The second-order valence-corrected chi connectivity index (χ2v) is 7.82. The SMILES string of the molecule is CCNC(=NCc1nc(-c2ccc(OC)cc2)n[nH]1)N1CCN(C(=O)C2CCCO2)CC1. The number of piperazine rings is 1. The molecule has 3 heterocycles. The van der Waals surface area contributed by atoms with Gasteiger partial charge in [-0.2, -0.15) is 5.10 Å². The Morgan fingerprint density at radius 3 is 2.66 bits per heavy atom. The Balaban J connectivity index is 1.35. The Labute approximate surface area is 188 Å². The van der Waals surface area contributed by atoms with Gasteiger partial charge in [-0.3, -0.25) is 9.89 Å². The maximum Gasteiger partial charge on any atom is 0.251 e. The summed E-state index contributed by atoms with van der Waals surface area (Å²) in [6, 6.07) is 7.62. The molecule has 2 N–H and O–H groups in total. The van der Waals surface area contributed by atoms with Crippen LogP contribution in [0.4, 0.5) is 0 Å². The summed E-state index contributed by atoms with van der Waals surface area (Å²) < 4.78 is 10.7. The van der Waals surface area contributed by atoms with Gasteiger partial charge < -0.3 is 24.6 Å². The van der Waals surface area contributed by atoms with Crippen LogP contribution in [0, 0.1) is 0 Å². The molecule has 172 valence electrons. The molecule has 2 fully saturated rings. The van der Waals surface area contributed by atoms with Gasteiger partial charge in [-0.05, 0) is 44.0 Å². The monoisotopic (exact) mass is 441 g/mol. The van der Waals surface area contributed by atoms with Crippen molar-refractivity contribution in [2.45, 2.75) is 32.4 Å². The third kappa shape index (κ3) is 5.18. The fourth-order valence-electron chi connectivity index (χ4n) is 3.93. The van der Waals surface area contributed by atoms with Gasteiger partial charge in [-0.15, -0.1) is 0 Å². The maximum absolute atomic E-state index is 12.6. The number of amides is 1. The van der Waals surface area contributed by atoms with E-state index in [1.165, 1.54) is 0 Å². The maximum atomic E-state index is 12.6. The van der Waals surface area contributed by atoms with Crippen LogP contribution < -0.4 is 10.1 Å². The predicted octanol–water partition coefficient (Wildman–Crippen LogP) is 1.27. The molecular weight excluding hydrogens is 410 g/mol. The van der Waals surface area contributed by atoms with Crippen LogP contribution in [-0.4, -0.2) is 89.4 Å². The van der Waals surface area contributed by atoms with Gasteiger partial charge in [0.2, 0.25) is 0 Å². The molecule has 0 radical (unpaired) electrons. The quantitative estimate of drug-likeness (QED) is 0.513. The average molecular weight is 442 g/mol. The lowest BCUT2D eigenvalue weighted by Crippen LogP contribution is -2.55. The third-order valence-corrected chi connectivity index (χ3v) is 5.69. The number of carbonyl (C=O) groups is 1. The second-order valence-electron chi connectivity index (χ2n) is 7.82. The molecule has 0 saturated carbocycles. The first-order valence-corrected chi connectivity index (χ1v) is 11.2. The highest BCUT2D eigenvalue weighted by molar-refractivity contribution is 5.82. The molecule has 1 amide bonds. The van der Waals surface area contributed by atoms with Crippen molar-refractivity contribution in [2.24, 2.45) is 4.99 Å². The number of hydrogen-bond donors (Lipinski definition) is 2. The van der Waals surface area contributed by atoms with Gasteiger partial charge in [0.1, 0.15) is 24.2 Å². The summed E-state index contributed by atoms with van der Waals surface area (Å²) in [5, 5.41) is 10.6. The minimum atomic E-state index is -0.255. The molecule has 10 heteroatoms. The van der Waals surface area contributed by atoms with E-state index in [0.717, 1.165) is 49.7 Å². The summed E-state index contributed by atoms with van der Waals surface area (Å²) in [6.07, 6.45) is 1.55. The van der Waals surface area contributed by atoms with E-state index in [0.29, 0.717) is 37.9 Å². The Kier molecular flexibility index (Phi) is 7.21. The first kappa shape index (κ1) is 22.1. The number of carbonyl (C=O) groups excluding carboxylic acids is 1. The topological polar surface area (TPSA) is 108 Å². The van der Waals surface area contributed by atoms with Gasteiger partial charge in [-0.1, -0.05) is 0 Å². The number of H-pyrrole nitrogens is 1. The highest BCUT2D eigenvalue weighted by atomic mass is 16.5. The molecule has 0 bridgehead atoms. The molecule has 2 aromatic rings. The van der Waals surface area contributed by atoms with Crippen molar-refractivity contribution >= 4 is 11.9 Å². The van der Waals surface area contributed by atoms with Crippen molar-refractivity contribution in [2.75, 3.05) is 46.4 Å². The van der Waals surface area contributed by atoms with Crippen LogP contribution in [0.1, 0.15) is 25.6 Å². The first-order chi connectivity index (χ1) is 15.7. The number of aromatic nitrogens is 3. The number of methoxy groups -OCH3 is 1. The Bertz CT molecular complexity index is 914. The van der Waals surface area contributed by atoms with Crippen molar-refractivity contribution in [1.29, 1.82) is 0 Å².